The average molecular weight is 786 g/mol. The molecule has 0 saturated carbocycles. The molecule has 2 unspecified atom stereocenters. The summed E-state index contributed by atoms with van der Waals surface area (Å²) in [5.41, 5.74) is 0. The number of fused-ring (bicyclic) bond motifs is 2. The van der Waals surface area contributed by atoms with E-state index in [0.29, 0.717) is 42.6 Å². The highest BCUT2D eigenvalue weighted by atomic mass is 35.5. The van der Waals surface area contributed by atoms with Crippen molar-refractivity contribution < 1.29 is 38.0 Å². The molecule has 308 valence electrons. The minimum absolute atomic E-state index is 0.118. The van der Waals surface area contributed by atoms with Crippen molar-refractivity contribution in [2.24, 2.45) is 0 Å². The molecule has 0 N–H and O–H groups in total. The predicted octanol–water partition coefficient (Wildman–Crippen LogP) is 12.4. The molecular weight excluding hydrogens is 716 g/mol. The fraction of sp³-hybridized carbons (Fsp3) is 0.652. The van der Waals surface area contributed by atoms with E-state index in [4.69, 9.17) is 40.0 Å². The van der Waals surface area contributed by atoms with Crippen molar-refractivity contribution in [1.82, 2.24) is 0 Å². The summed E-state index contributed by atoms with van der Waals surface area (Å²) >= 11 is 6.60. The van der Waals surface area contributed by atoms with Gasteiger partial charge in [0.25, 0.3) is 0 Å². The normalized spacial score (nSPS) is 12.5. The lowest BCUT2D eigenvalue weighted by atomic mass is 10.0. The van der Waals surface area contributed by atoms with Crippen molar-refractivity contribution in [1.29, 1.82) is 0 Å². The van der Waals surface area contributed by atoms with Crippen LogP contribution >= 0.6 is 11.6 Å². The number of halogens is 1. The van der Waals surface area contributed by atoms with Crippen LogP contribution in [-0.4, -0.2) is 63.8 Å². The lowest BCUT2D eigenvalue weighted by molar-refractivity contribution is -0.155. The molecule has 0 aliphatic rings. The molecule has 0 aliphatic carbocycles. The van der Waals surface area contributed by atoms with Crippen molar-refractivity contribution in [3.05, 3.63) is 47.5 Å². The molecule has 3 aromatic rings. The molecule has 55 heavy (non-hydrogen) atoms. The van der Waals surface area contributed by atoms with E-state index in [2.05, 4.69) is 27.7 Å². The summed E-state index contributed by atoms with van der Waals surface area (Å²) in [5.74, 6) is 0.808. The predicted molar refractivity (Wildman–Crippen MR) is 225 cm³/mol. The van der Waals surface area contributed by atoms with Crippen molar-refractivity contribution in [3.8, 4) is 11.5 Å². The largest absolute Gasteiger partial charge is 0.488 e. The maximum atomic E-state index is 12.9. The van der Waals surface area contributed by atoms with Crippen LogP contribution < -0.4 is 9.47 Å². The van der Waals surface area contributed by atoms with Gasteiger partial charge in [0.15, 0.2) is 12.2 Å². The van der Waals surface area contributed by atoms with E-state index in [1.54, 1.807) is 0 Å². The Morgan fingerprint density at radius 3 is 1.40 bits per heavy atom. The Bertz CT molecular complexity index is 1510. The number of carbonyl (C=O) groups is 2. The molecule has 0 heterocycles. The number of hydrogen-bond donors (Lipinski definition) is 0. The van der Waals surface area contributed by atoms with Gasteiger partial charge in [0.05, 0.1) is 13.2 Å². The highest BCUT2D eigenvalue weighted by Crippen LogP contribution is 2.44. The van der Waals surface area contributed by atoms with E-state index < -0.39 is 12.2 Å². The minimum Gasteiger partial charge on any atom is -0.488 e. The molecule has 0 fully saturated rings. The molecule has 0 radical (unpaired) electrons. The quantitative estimate of drug-likeness (QED) is 0.0351. The summed E-state index contributed by atoms with van der Waals surface area (Å²) in [6.45, 7) is 10.6. The Morgan fingerprint density at radius 1 is 0.509 bits per heavy atom. The van der Waals surface area contributed by atoms with Crippen molar-refractivity contribution in [2.45, 2.75) is 155 Å². The second-order valence-electron chi connectivity index (χ2n) is 14.6. The van der Waals surface area contributed by atoms with Gasteiger partial charge in [-0.3, -0.25) is 9.59 Å². The van der Waals surface area contributed by atoms with Crippen LogP contribution in [0.25, 0.3) is 21.5 Å². The Balaban J connectivity index is 1.84. The molecule has 3 aromatic carbocycles. The molecule has 2 atom stereocenters. The molecule has 0 aliphatic heterocycles. The van der Waals surface area contributed by atoms with Crippen LogP contribution in [0.5, 0.6) is 11.5 Å². The summed E-state index contributed by atoms with van der Waals surface area (Å²) in [7, 11) is 0. The molecule has 0 amide bonds. The Kier molecular flexibility index (Phi) is 23.9. The average Bonchev–Trinajstić information content (AvgIpc) is 3.18. The lowest BCUT2D eigenvalue weighted by Gasteiger charge is -2.23. The highest BCUT2D eigenvalue weighted by molar-refractivity contribution is 6.31. The van der Waals surface area contributed by atoms with E-state index >= 15 is 0 Å². The zero-order valence-corrected chi connectivity index (χ0v) is 35.1. The molecule has 8 nitrogen and oxygen atoms in total. The number of ether oxygens (including phenoxy) is 6. The van der Waals surface area contributed by atoms with Gasteiger partial charge in [0.2, 0.25) is 0 Å². The van der Waals surface area contributed by atoms with E-state index in [9.17, 15) is 9.59 Å². The van der Waals surface area contributed by atoms with Gasteiger partial charge in [-0.05, 0) is 43.9 Å². The minimum atomic E-state index is -0.576. The number of benzene rings is 3. The Morgan fingerprint density at radius 2 is 0.927 bits per heavy atom. The lowest BCUT2D eigenvalue weighted by Crippen LogP contribution is -2.30. The third-order valence-electron chi connectivity index (χ3n) is 9.67. The molecule has 3 rings (SSSR count). The molecular formula is C46H69ClO8. The third-order valence-corrected chi connectivity index (χ3v) is 9.91. The van der Waals surface area contributed by atoms with Crippen LogP contribution in [-0.2, 0) is 28.5 Å². The van der Waals surface area contributed by atoms with Crippen molar-refractivity contribution >= 4 is 45.1 Å². The van der Waals surface area contributed by atoms with Crippen LogP contribution in [0.2, 0.25) is 5.02 Å². The zero-order chi connectivity index (χ0) is 39.5. The molecule has 0 spiro atoms. The van der Waals surface area contributed by atoms with Gasteiger partial charge >= 0.3 is 11.9 Å². The van der Waals surface area contributed by atoms with E-state index in [1.807, 2.05) is 42.5 Å². The summed E-state index contributed by atoms with van der Waals surface area (Å²) in [6, 6.07) is 13.5. The van der Waals surface area contributed by atoms with Crippen LogP contribution in [0.1, 0.15) is 143 Å². The first-order chi connectivity index (χ1) is 26.9. The van der Waals surface area contributed by atoms with Crippen molar-refractivity contribution in [2.75, 3.05) is 39.6 Å². The number of carbonyl (C=O) groups excluding carboxylic acids is 2. The van der Waals surface area contributed by atoms with Gasteiger partial charge < -0.3 is 28.4 Å². The summed E-state index contributed by atoms with van der Waals surface area (Å²) in [4.78, 5) is 25.9. The van der Waals surface area contributed by atoms with Crippen LogP contribution in [0.15, 0.2) is 42.5 Å². The maximum Gasteiger partial charge on any atom is 0.306 e. The summed E-state index contributed by atoms with van der Waals surface area (Å²) in [5, 5.41) is 3.79. The first-order valence-electron chi connectivity index (χ1n) is 21.4. The molecule has 0 aromatic heterocycles. The fourth-order valence-corrected chi connectivity index (χ4v) is 6.71. The Hall–Kier alpha value is -3.07. The monoisotopic (exact) mass is 784 g/mol. The number of unbranched alkanes of at least 4 members (excludes halogenated alkanes) is 12. The first kappa shape index (κ1) is 46.3. The molecule has 0 saturated heterocycles. The standard InChI is InChI=1S/C46H69ClO8/c1-5-9-13-15-17-25-43(48)54-37(32-50-29-21-11-7-3)34-52-45-39-23-19-20-24-40(39)46(42-31-36(47)27-28-41(42)45)53-35-38(33-51-30-22-12-8-4)55-44(49)26-18-16-14-10-6-2/h19-20,23-24,27-28,31,37-38H,5-18,21-22,25-26,29-30,32-35H2,1-4H3. The van der Waals surface area contributed by atoms with Gasteiger partial charge in [0.1, 0.15) is 24.7 Å². The fourth-order valence-electron chi connectivity index (χ4n) is 6.54. The summed E-state index contributed by atoms with van der Waals surface area (Å²) in [6.07, 6.45) is 16.5. The van der Waals surface area contributed by atoms with Gasteiger partial charge in [-0.1, -0.05) is 141 Å². The van der Waals surface area contributed by atoms with Crippen molar-refractivity contribution in [3.63, 3.8) is 0 Å². The SMILES string of the molecule is CCCCCCCC(=O)OC(COCCCCC)COc1c2ccccc2c(OCC(COCCCCC)OC(=O)CCCCCCC)c2cc(Cl)ccc12. The van der Waals surface area contributed by atoms with E-state index in [1.165, 1.54) is 12.8 Å². The van der Waals surface area contributed by atoms with Crippen LogP contribution in [0.3, 0.4) is 0 Å². The molecule has 9 heteroatoms. The molecule has 0 bridgehead atoms. The van der Waals surface area contributed by atoms with E-state index in [-0.39, 0.29) is 38.4 Å². The highest BCUT2D eigenvalue weighted by Gasteiger charge is 2.23. The zero-order valence-electron chi connectivity index (χ0n) is 34.3. The number of rotatable bonds is 32. The van der Waals surface area contributed by atoms with Gasteiger partial charge in [-0.15, -0.1) is 0 Å². The topological polar surface area (TPSA) is 89.5 Å². The summed E-state index contributed by atoms with van der Waals surface area (Å²) < 4.78 is 37.1. The van der Waals surface area contributed by atoms with Crippen LogP contribution in [0, 0.1) is 0 Å². The van der Waals surface area contributed by atoms with Crippen LogP contribution in [0.4, 0.5) is 0 Å². The number of esters is 2. The first-order valence-corrected chi connectivity index (χ1v) is 21.7. The van der Waals surface area contributed by atoms with Gasteiger partial charge in [-0.25, -0.2) is 0 Å². The van der Waals surface area contributed by atoms with E-state index in [0.717, 1.165) is 111 Å². The maximum absolute atomic E-state index is 12.9. The van der Waals surface area contributed by atoms with Gasteiger partial charge in [-0.2, -0.15) is 0 Å². The second-order valence-corrected chi connectivity index (χ2v) is 15.1. The van der Waals surface area contributed by atoms with Gasteiger partial charge in [0, 0.05) is 52.6 Å². The second kappa shape index (κ2) is 28.3. The third kappa shape index (κ3) is 17.7. The smallest absolute Gasteiger partial charge is 0.306 e. The number of hydrogen-bond acceptors (Lipinski definition) is 8. The Labute approximate surface area is 336 Å².